The Morgan fingerprint density at radius 1 is 1.19 bits per heavy atom. The molecule has 0 atom stereocenters. The first-order valence-corrected chi connectivity index (χ1v) is 7.34. The van der Waals surface area contributed by atoms with Gasteiger partial charge in [0.1, 0.15) is 5.75 Å². The van der Waals surface area contributed by atoms with Crippen molar-refractivity contribution in [2.24, 2.45) is 0 Å². The van der Waals surface area contributed by atoms with Crippen molar-refractivity contribution in [3.63, 3.8) is 0 Å². The number of halogens is 1. The number of hydrogen-bond donors (Lipinski definition) is 0. The molecule has 1 amide bonds. The first kappa shape index (κ1) is 13.9. The fraction of sp³-hybridized carbons (Fsp3) is 0.118. The topological polar surface area (TPSA) is 29.5 Å². The van der Waals surface area contributed by atoms with E-state index in [0.29, 0.717) is 5.57 Å². The van der Waals surface area contributed by atoms with E-state index in [-0.39, 0.29) is 5.91 Å². The summed E-state index contributed by atoms with van der Waals surface area (Å²) in [6.45, 7) is 0. The molecule has 0 radical (unpaired) electrons. The minimum Gasteiger partial charge on any atom is -0.496 e. The van der Waals surface area contributed by atoms with Crippen molar-refractivity contribution in [1.82, 2.24) is 0 Å². The van der Waals surface area contributed by atoms with Gasteiger partial charge < -0.3 is 9.64 Å². The second-order valence-corrected chi connectivity index (χ2v) is 5.74. The van der Waals surface area contributed by atoms with Crippen LogP contribution in [0.5, 0.6) is 5.75 Å². The third-order valence-electron chi connectivity index (χ3n) is 3.58. The zero-order chi connectivity index (χ0) is 15.0. The molecule has 0 fully saturated rings. The van der Waals surface area contributed by atoms with Crippen molar-refractivity contribution >= 4 is 39.2 Å². The number of methoxy groups -OCH3 is 1. The molecule has 0 bridgehead atoms. The second kappa shape index (κ2) is 5.37. The molecule has 0 spiro atoms. The number of para-hydroxylation sites is 1. The Labute approximate surface area is 132 Å². The Hall–Kier alpha value is -2.07. The van der Waals surface area contributed by atoms with Gasteiger partial charge in [-0.1, -0.05) is 34.1 Å². The first-order chi connectivity index (χ1) is 10.1. The summed E-state index contributed by atoms with van der Waals surface area (Å²) in [5, 5.41) is 0. The van der Waals surface area contributed by atoms with Crippen LogP contribution in [0.2, 0.25) is 0 Å². The molecule has 0 N–H and O–H groups in total. The average Bonchev–Trinajstić information content (AvgIpc) is 2.73. The Kier molecular flexibility index (Phi) is 3.55. The summed E-state index contributed by atoms with van der Waals surface area (Å²) < 4.78 is 6.32. The molecule has 1 aliphatic heterocycles. The lowest BCUT2D eigenvalue weighted by Gasteiger charge is -2.08. The van der Waals surface area contributed by atoms with E-state index in [9.17, 15) is 4.79 Å². The lowest BCUT2D eigenvalue weighted by Crippen LogP contribution is -2.20. The van der Waals surface area contributed by atoms with Crippen molar-refractivity contribution in [3.05, 3.63) is 58.1 Å². The van der Waals surface area contributed by atoms with Gasteiger partial charge in [-0.2, -0.15) is 0 Å². The van der Waals surface area contributed by atoms with Crippen LogP contribution < -0.4 is 9.64 Å². The van der Waals surface area contributed by atoms with Crippen molar-refractivity contribution in [2.75, 3.05) is 19.1 Å². The molecule has 1 aliphatic rings. The fourth-order valence-corrected chi connectivity index (χ4v) is 2.89. The van der Waals surface area contributed by atoms with Gasteiger partial charge >= 0.3 is 0 Å². The van der Waals surface area contributed by atoms with E-state index >= 15 is 0 Å². The average molecular weight is 344 g/mol. The lowest BCUT2D eigenvalue weighted by molar-refractivity contribution is -0.112. The van der Waals surface area contributed by atoms with Crippen molar-refractivity contribution in [3.8, 4) is 5.75 Å². The predicted octanol–water partition coefficient (Wildman–Crippen LogP) is 3.97. The number of likely N-dealkylation sites (N-methyl/N-ethyl adjacent to an activating group) is 1. The van der Waals surface area contributed by atoms with Gasteiger partial charge in [0.15, 0.2) is 0 Å². The monoisotopic (exact) mass is 343 g/mol. The summed E-state index contributed by atoms with van der Waals surface area (Å²) >= 11 is 3.45. The normalized spacial score (nSPS) is 15.5. The third kappa shape index (κ3) is 2.36. The highest BCUT2D eigenvalue weighted by Gasteiger charge is 2.29. The summed E-state index contributed by atoms with van der Waals surface area (Å²) in [4.78, 5) is 14.1. The maximum absolute atomic E-state index is 12.5. The van der Waals surface area contributed by atoms with E-state index in [1.807, 2.05) is 48.5 Å². The fourth-order valence-electron chi connectivity index (χ4n) is 2.51. The quantitative estimate of drug-likeness (QED) is 0.772. The molecule has 0 unspecified atom stereocenters. The molecule has 0 aliphatic carbocycles. The predicted molar refractivity (Wildman–Crippen MR) is 88.4 cm³/mol. The number of carbonyl (C=O) groups excluding carboxylic acids is 1. The van der Waals surface area contributed by atoms with Crippen LogP contribution in [0.4, 0.5) is 5.69 Å². The largest absolute Gasteiger partial charge is 0.496 e. The lowest BCUT2D eigenvalue weighted by atomic mass is 10.0. The summed E-state index contributed by atoms with van der Waals surface area (Å²) in [6.07, 6.45) is 1.88. The Morgan fingerprint density at radius 3 is 2.71 bits per heavy atom. The molecule has 3 rings (SSSR count). The first-order valence-electron chi connectivity index (χ1n) is 6.54. The number of benzene rings is 2. The van der Waals surface area contributed by atoms with E-state index < -0.39 is 0 Å². The van der Waals surface area contributed by atoms with Crippen LogP contribution in [0.15, 0.2) is 46.9 Å². The Balaban J connectivity index is 2.17. The standard InChI is InChI=1S/C17H14BrNO2/c1-19-15-6-4-3-5-13(15)14(17(19)20)10-11-9-12(18)7-8-16(11)21-2/h3-10H,1-2H3/b14-10-. The van der Waals surface area contributed by atoms with Crippen molar-refractivity contribution in [1.29, 1.82) is 0 Å². The number of fused-ring (bicyclic) bond motifs is 1. The maximum atomic E-state index is 12.5. The van der Waals surface area contributed by atoms with Crippen LogP contribution >= 0.6 is 15.9 Å². The number of rotatable bonds is 2. The van der Waals surface area contributed by atoms with E-state index in [2.05, 4.69) is 15.9 Å². The number of nitrogens with zero attached hydrogens (tertiary/aromatic N) is 1. The van der Waals surface area contributed by atoms with Crippen LogP contribution in [0.25, 0.3) is 11.6 Å². The number of carbonyl (C=O) groups is 1. The zero-order valence-electron chi connectivity index (χ0n) is 11.8. The Bertz CT molecular complexity index is 752. The molecule has 106 valence electrons. The molecular weight excluding hydrogens is 330 g/mol. The van der Waals surface area contributed by atoms with Crippen molar-refractivity contribution < 1.29 is 9.53 Å². The van der Waals surface area contributed by atoms with Gasteiger partial charge in [-0.05, 0) is 30.3 Å². The summed E-state index contributed by atoms with van der Waals surface area (Å²) in [5.74, 6) is 0.740. The minimum atomic E-state index is -0.00164. The highest BCUT2D eigenvalue weighted by atomic mass is 79.9. The van der Waals surface area contributed by atoms with E-state index in [1.165, 1.54) is 0 Å². The summed E-state index contributed by atoms with van der Waals surface area (Å²) in [5.41, 5.74) is 3.44. The molecule has 21 heavy (non-hydrogen) atoms. The van der Waals surface area contributed by atoms with E-state index in [0.717, 1.165) is 27.0 Å². The number of ether oxygens (including phenoxy) is 1. The smallest absolute Gasteiger partial charge is 0.258 e. The van der Waals surface area contributed by atoms with Crippen LogP contribution in [-0.4, -0.2) is 20.1 Å². The zero-order valence-corrected chi connectivity index (χ0v) is 13.3. The van der Waals surface area contributed by atoms with E-state index in [1.54, 1.807) is 19.1 Å². The number of hydrogen-bond acceptors (Lipinski definition) is 2. The second-order valence-electron chi connectivity index (χ2n) is 4.83. The highest BCUT2D eigenvalue weighted by molar-refractivity contribution is 9.10. The molecule has 0 saturated heterocycles. The van der Waals surface area contributed by atoms with Gasteiger partial charge in [0, 0.05) is 28.2 Å². The number of anilines is 1. The van der Waals surface area contributed by atoms with Gasteiger partial charge in [-0.15, -0.1) is 0 Å². The molecule has 4 heteroatoms. The molecule has 2 aromatic carbocycles. The van der Waals surface area contributed by atoms with Crippen LogP contribution in [0.3, 0.4) is 0 Å². The molecule has 1 heterocycles. The van der Waals surface area contributed by atoms with Gasteiger partial charge in [-0.25, -0.2) is 0 Å². The maximum Gasteiger partial charge on any atom is 0.258 e. The Morgan fingerprint density at radius 2 is 1.95 bits per heavy atom. The SMILES string of the molecule is COc1ccc(Br)cc1/C=C1\C(=O)N(C)c2ccccc21. The summed E-state index contributed by atoms with van der Waals surface area (Å²) in [6, 6.07) is 13.5. The summed E-state index contributed by atoms with van der Waals surface area (Å²) in [7, 11) is 3.42. The van der Waals surface area contributed by atoms with Gasteiger partial charge in [0.25, 0.3) is 5.91 Å². The number of amides is 1. The molecular formula is C17H14BrNO2. The highest BCUT2D eigenvalue weighted by Crippen LogP contribution is 2.37. The van der Waals surface area contributed by atoms with Crippen LogP contribution in [0, 0.1) is 0 Å². The van der Waals surface area contributed by atoms with Crippen molar-refractivity contribution in [2.45, 2.75) is 0 Å². The van der Waals surface area contributed by atoms with Gasteiger partial charge in [0.05, 0.1) is 12.8 Å². The van der Waals surface area contributed by atoms with Gasteiger partial charge in [-0.3, -0.25) is 4.79 Å². The minimum absolute atomic E-state index is 0.00164. The molecule has 0 saturated carbocycles. The van der Waals surface area contributed by atoms with Gasteiger partial charge in [0.2, 0.25) is 0 Å². The third-order valence-corrected chi connectivity index (χ3v) is 4.08. The van der Waals surface area contributed by atoms with Crippen LogP contribution in [-0.2, 0) is 4.79 Å². The molecule has 2 aromatic rings. The molecule has 0 aromatic heterocycles. The molecule has 3 nitrogen and oxygen atoms in total. The van der Waals surface area contributed by atoms with E-state index in [4.69, 9.17) is 4.74 Å². The van der Waals surface area contributed by atoms with Crippen LogP contribution in [0.1, 0.15) is 11.1 Å².